The van der Waals surface area contributed by atoms with Crippen molar-refractivity contribution < 1.29 is 23.5 Å². The molecule has 0 fully saturated rings. The zero-order valence-electron chi connectivity index (χ0n) is 19.1. The Morgan fingerprint density at radius 1 is 1.00 bits per heavy atom. The van der Waals surface area contributed by atoms with Gasteiger partial charge in [0, 0.05) is 26.9 Å². The van der Waals surface area contributed by atoms with Gasteiger partial charge in [0.15, 0.2) is 6.04 Å². The first kappa shape index (κ1) is 23.6. The zero-order valence-corrected chi connectivity index (χ0v) is 20.7. The molecule has 180 valence electrons. The van der Waals surface area contributed by atoms with Gasteiger partial charge in [0.1, 0.15) is 11.2 Å². The van der Waals surface area contributed by atoms with Crippen LogP contribution in [0.3, 0.4) is 0 Å². The number of carboxylic acids is 1. The Morgan fingerprint density at radius 2 is 1.72 bits per heavy atom. The SMILES string of the molecule is Cc1c(CC(=O)NC(C(=O)O)c2ccccc2)c(=O)oc2cc3occ(-c4ccc(Br)cc4)c3cc12. The van der Waals surface area contributed by atoms with Crippen molar-refractivity contribution in [1.82, 2.24) is 5.32 Å². The standard InChI is InChI=1S/C28H20BrNO6/c1-15-19-11-21-22(16-7-9-18(29)10-8-16)14-35-23(21)13-24(19)36-28(34)20(15)12-25(31)30-26(27(32)33)17-5-3-2-4-6-17/h2-11,13-14,26H,12H2,1H3,(H,30,31)(H,32,33). The highest BCUT2D eigenvalue weighted by Crippen LogP contribution is 2.35. The molecule has 36 heavy (non-hydrogen) atoms. The number of carboxylic acid groups (broad SMARTS) is 1. The van der Waals surface area contributed by atoms with Gasteiger partial charge in [-0.2, -0.15) is 0 Å². The summed E-state index contributed by atoms with van der Waals surface area (Å²) in [5, 5.41) is 13.6. The molecule has 0 spiro atoms. The minimum Gasteiger partial charge on any atom is -0.479 e. The topological polar surface area (TPSA) is 110 Å². The summed E-state index contributed by atoms with van der Waals surface area (Å²) in [6.45, 7) is 1.75. The summed E-state index contributed by atoms with van der Waals surface area (Å²) < 4.78 is 12.2. The second kappa shape index (κ2) is 9.47. The number of rotatable bonds is 6. The third-order valence-corrected chi connectivity index (χ3v) is 6.69. The van der Waals surface area contributed by atoms with Crippen LogP contribution in [-0.4, -0.2) is 17.0 Å². The lowest BCUT2D eigenvalue weighted by Gasteiger charge is -2.15. The van der Waals surface area contributed by atoms with E-state index in [9.17, 15) is 19.5 Å². The van der Waals surface area contributed by atoms with E-state index in [1.807, 2.05) is 30.3 Å². The van der Waals surface area contributed by atoms with E-state index in [-0.39, 0.29) is 12.0 Å². The molecule has 0 aliphatic rings. The molecule has 2 aromatic heterocycles. The third-order valence-electron chi connectivity index (χ3n) is 6.16. The van der Waals surface area contributed by atoms with Gasteiger partial charge in [0.25, 0.3) is 0 Å². The quantitative estimate of drug-likeness (QED) is 0.262. The van der Waals surface area contributed by atoms with Gasteiger partial charge in [-0.3, -0.25) is 4.79 Å². The number of hydrogen-bond acceptors (Lipinski definition) is 5. The number of hydrogen-bond donors (Lipinski definition) is 2. The van der Waals surface area contributed by atoms with E-state index in [1.54, 1.807) is 49.6 Å². The maximum atomic E-state index is 12.8. The number of halogens is 1. The summed E-state index contributed by atoms with van der Waals surface area (Å²) in [6.07, 6.45) is 1.34. The molecule has 7 nitrogen and oxygen atoms in total. The second-order valence-corrected chi connectivity index (χ2v) is 9.34. The van der Waals surface area contributed by atoms with Crippen LogP contribution in [-0.2, 0) is 16.0 Å². The molecular formula is C28H20BrNO6. The van der Waals surface area contributed by atoms with E-state index >= 15 is 0 Å². The molecule has 2 N–H and O–H groups in total. The van der Waals surface area contributed by atoms with E-state index in [0.717, 1.165) is 21.0 Å². The van der Waals surface area contributed by atoms with Crippen LogP contribution in [0.5, 0.6) is 0 Å². The predicted octanol–water partition coefficient (Wildman–Crippen LogP) is 5.76. The summed E-state index contributed by atoms with van der Waals surface area (Å²) in [4.78, 5) is 37.3. The zero-order chi connectivity index (χ0) is 25.4. The third kappa shape index (κ3) is 4.43. The number of aryl methyl sites for hydroxylation is 1. The van der Waals surface area contributed by atoms with Crippen LogP contribution in [0.2, 0.25) is 0 Å². The summed E-state index contributed by atoms with van der Waals surface area (Å²) >= 11 is 3.44. The number of nitrogens with one attached hydrogen (secondary N) is 1. The Balaban J connectivity index is 1.51. The van der Waals surface area contributed by atoms with Gasteiger partial charge in [-0.15, -0.1) is 0 Å². The number of benzene rings is 3. The minimum absolute atomic E-state index is 0.172. The molecule has 1 atom stereocenters. The molecule has 1 amide bonds. The van der Waals surface area contributed by atoms with E-state index in [2.05, 4.69) is 21.2 Å². The minimum atomic E-state index is -1.23. The van der Waals surface area contributed by atoms with Crippen molar-refractivity contribution in [2.24, 2.45) is 0 Å². The molecule has 8 heteroatoms. The van der Waals surface area contributed by atoms with E-state index in [0.29, 0.717) is 27.7 Å². The number of amides is 1. The van der Waals surface area contributed by atoms with Gasteiger partial charge in [-0.05, 0) is 41.8 Å². The molecule has 0 radical (unpaired) electrons. The lowest BCUT2D eigenvalue weighted by molar-refractivity contribution is -0.142. The Hall–Kier alpha value is -4.17. The Morgan fingerprint density at radius 3 is 2.42 bits per heavy atom. The van der Waals surface area contributed by atoms with Crippen LogP contribution in [0.4, 0.5) is 0 Å². The highest BCUT2D eigenvalue weighted by Gasteiger charge is 2.24. The fourth-order valence-electron chi connectivity index (χ4n) is 4.27. The Labute approximate surface area is 213 Å². The maximum absolute atomic E-state index is 12.8. The average molecular weight is 546 g/mol. The molecule has 0 aliphatic carbocycles. The lowest BCUT2D eigenvalue weighted by Crippen LogP contribution is -2.35. The predicted molar refractivity (Wildman–Crippen MR) is 139 cm³/mol. The summed E-state index contributed by atoms with van der Waals surface area (Å²) in [7, 11) is 0. The van der Waals surface area contributed by atoms with Gasteiger partial charge in [-0.1, -0.05) is 58.4 Å². The number of fused-ring (bicyclic) bond motifs is 2. The molecule has 3 aromatic carbocycles. The van der Waals surface area contributed by atoms with E-state index in [1.165, 1.54) is 0 Å². The van der Waals surface area contributed by atoms with Gasteiger partial charge < -0.3 is 19.3 Å². The Bertz CT molecular complexity index is 1670. The van der Waals surface area contributed by atoms with Crippen LogP contribution in [0, 0.1) is 6.92 Å². The van der Waals surface area contributed by atoms with Gasteiger partial charge in [-0.25, -0.2) is 9.59 Å². The van der Waals surface area contributed by atoms with Gasteiger partial charge in [0.2, 0.25) is 5.91 Å². The highest BCUT2D eigenvalue weighted by molar-refractivity contribution is 9.10. The molecule has 2 heterocycles. The first-order valence-electron chi connectivity index (χ1n) is 11.1. The Kier molecular flexibility index (Phi) is 6.20. The smallest absolute Gasteiger partial charge is 0.340 e. The van der Waals surface area contributed by atoms with Crippen LogP contribution >= 0.6 is 15.9 Å². The van der Waals surface area contributed by atoms with E-state index < -0.39 is 23.5 Å². The van der Waals surface area contributed by atoms with Crippen molar-refractivity contribution in [3.63, 3.8) is 0 Å². The second-order valence-electron chi connectivity index (χ2n) is 8.42. The largest absolute Gasteiger partial charge is 0.479 e. The van der Waals surface area contributed by atoms with E-state index in [4.69, 9.17) is 8.83 Å². The first-order valence-corrected chi connectivity index (χ1v) is 11.9. The monoisotopic (exact) mass is 545 g/mol. The van der Waals surface area contributed by atoms with Crippen molar-refractivity contribution in [3.05, 3.63) is 105 Å². The molecule has 0 saturated heterocycles. The van der Waals surface area contributed by atoms with Crippen molar-refractivity contribution in [1.29, 1.82) is 0 Å². The highest BCUT2D eigenvalue weighted by atomic mass is 79.9. The van der Waals surface area contributed by atoms with Crippen LogP contribution in [0.1, 0.15) is 22.7 Å². The molecule has 0 bridgehead atoms. The molecular weight excluding hydrogens is 526 g/mol. The van der Waals surface area contributed by atoms with Crippen molar-refractivity contribution in [2.45, 2.75) is 19.4 Å². The fourth-order valence-corrected chi connectivity index (χ4v) is 4.54. The number of carbonyl (C=O) groups is 2. The summed E-state index contributed by atoms with van der Waals surface area (Å²) in [6, 6.07) is 18.5. The summed E-state index contributed by atoms with van der Waals surface area (Å²) in [5.41, 5.74) is 3.31. The van der Waals surface area contributed by atoms with Crippen LogP contribution in [0.15, 0.2) is 91.1 Å². The maximum Gasteiger partial charge on any atom is 0.340 e. The van der Waals surface area contributed by atoms with Gasteiger partial charge in [0.05, 0.1) is 18.2 Å². The van der Waals surface area contributed by atoms with Crippen LogP contribution < -0.4 is 10.9 Å². The van der Waals surface area contributed by atoms with Crippen molar-refractivity contribution in [3.8, 4) is 11.1 Å². The molecule has 1 unspecified atom stereocenters. The molecule has 5 aromatic rings. The average Bonchev–Trinajstić information content (AvgIpc) is 3.27. The lowest BCUT2D eigenvalue weighted by atomic mass is 9.99. The van der Waals surface area contributed by atoms with Crippen molar-refractivity contribution >= 4 is 49.7 Å². The number of furan rings is 1. The molecule has 0 aliphatic heterocycles. The van der Waals surface area contributed by atoms with Crippen molar-refractivity contribution in [2.75, 3.05) is 0 Å². The molecule has 0 saturated carbocycles. The summed E-state index contributed by atoms with van der Waals surface area (Å²) in [5.74, 6) is -1.79. The normalized spacial score (nSPS) is 12.1. The fraction of sp³-hybridized carbons (Fsp3) is 0.107. The number of carbonyl (C=O) groups excluding carboxylic acids is 1. The number of aliphatic carboxylic acids is 1. The first-order chi connectivity index (χ1) is 17.3. The molecule has 5 rings (SSSR count). The van der Waals surface area contributed by atoms with Gasteiger partial charge >= 0.3 is 11.6 Å². The van der Waals surface area contributed by atoms with Crippen LogP contribution in [0.25, 0.3) is 33.1 Å².